The standard InChI is InChI=1S/C17H17F4NO2/c18-15-6-5-12(9-14(15)17(19,20)21)10-22-11-13-3-1-2-4-16(13)24-8-7-23/h1-6,9,22-23H,7-8,10-11H2. The molecule has 130 valence electrons. The Morgan fingerprint density at radius 2 is 1.79 bits per heavy atom. The number of hydrogen-bond donors (Lipinski definition) is 2. The molecule has 0 saturated heterocycles. The molecule has 0 unspecified atom stereocenters. The summed E-state index contributed by atoms with van der Waals surface area (Å²) in [5.74, 6) is -0.692. The molecule has 0 aliphatic carbocycles. The summed E-state index contributed by atoms with van der Waals surface area (Å²) >= 11 is 0. The molecule has 0 fully saturated rings. The molecule has 0 radical (unpaired) electrons. The summed E-state index contributed by atoms with van der Waals surface area (Å²) in [5.41, 5.74) is -0.130. The van der Waals surface area contributed by atoms with Gasteiger partial charge in [-0.2, -0.15) is 13.2 Å². The van der Waals surface area contributed by atoms with Crippen LogP contribution in [0.5, 0.6) is 5.75 Å². The van der Waals surface area contributed by atoms with Crippen LogP contribution in [0.1, 0.15) is 16.7 Å². The second-order valence-electron chi connectivity index (χ2n) is 5.10. The topological polar surface area (TPSA) is 41.5 Å². The number of para-hydroxylation sites is 1. The van der Waals surface area contributed by atoms with Crippen molar-refractivity contribution in [3.8, 4) is 5.75 Å². The Morgan fingerprint density at radius 3 is 2.50 bits per heavy atom. The van der Waals surface area contributed by atoms with Crippen molar-refractivity contribution in [1.82, 2.24) is 5.32 Å². The molecule has 3 nitrogen and oxygen atoms in total. The van der Waals surface area contributed by atoms with Crippen molar-refractivity contribution < 1.29 is 27.4 Å². The summed E-state index contributed by atoms with van der Waals surface area (Å²) in [6.07, 6.45) is -4.72. The molecule has 0 spiro atoms. The van der Waals surface area contributed by atoms with Gasteiger partial charge < -0.3 is 15.2 Å². The van der Waals surface area contributed by atoms with Crippen LogP contribution in [-0.4, -0.2) is 18.3 Å². The molecule has 2 aromatic rings. The van der Waals surface area contributed by atoms with E-state index >= 15 is 0 Å². The highest BCUT2D eigenvalue weighted by molar-refractivity contribution is 5.33. The van der Waals surface area contributed by atoms with Gasteiger partial charge in [0.25, 0.3) is 0 Å². The Labute approximate surface area is 136 Å². The number of aliphatic hydroxyl groups is 1. The van der Waals surface area contributed by atoms with Gasteiger partial charge in [-0.05, 0) is 23.8 Å². The Hall–Kier alpha value is -2.12. The molecule has 2 aromatic carbocycles. The number of benzene rings is 2. The van der Waals surface area contributed by atoms with E-state index in [4.69, 9.17) is 9.84 Å². The van der Waals surface area contributed by atoms with Crippen molar-refractivity contribution in [2.24, 2.45) is 0 Å². The molecule has 0 atom stereocenters. The van der Waals surface area contributed by atoms with Gasteiger partial charge in [0.15, 0.2) is 0 Å². The lowest BCUT2D eigenvalue weighted by Crippen LogP contribution is -2.15. The van der Waals surface area contributed by atoms with Gasteiger partial charge in [-0.25, -0.2) is 4.39 Å². The van der Waals surface area contributed by atoms with Gasteiger partial charge >= 0.3 is 6.18 Å². The molecular weight excluding hydrogens is 326 g/mol. The first kappa shape index (κ1) is 18.2. The van der Waals surface area contributed by atoms with Crippen molar-refractivity contribution in [3.63, 3.8) is 0 Å². The molecule has 24 heavy (non-hydrogen) atoms. The van der Waals surface area contributed by atoms with Crippen LogP contribution in [0, 0.1) is 5.82 Å². The highest BCUT2D eigenvalue weighted by atomic mass is 19.4. The largest absolute Gasteiger partial charge is 0.491 e. The number of alkyl halides is 3. The molecule has 0 bridgehead atoms. The van der Waals surface area contributed by atoms with E-state index in [0.29, 0.717) is 17.9 Å². The molecule has 2 N–H and O–H groups in total. The lowest BCUT2D eigenvalue weighted by Gasteiger charge is -2.13. The third-order valence-electron chi connectivity index (χ3n) is 3.30. The van der Waals surface area contributed by atoms with Gasteiger partial charge in [0.1, 0.15) is 18.2 Å². The molecular formula is C17H17F4NO2. The first-order valence-corrected chi connectivity index (χ1v) is 7.29. The van der Waals surface area contributed by atoms with E-state index in [-0.39, 0.29) is 19.8 Å². The smallest absolute Gasteiger partial charge is 0.419 e. The van der Waals surface area contributed by atoms with Crippen molar-refractivity contribution in [3.05, 3.63) is 65.0 Å². The molecule has 0 aliphatic heterocycles. The fourth-order valence-corrected chi connectivity index (χ4v) is 2.19. The molecule has 0 heterocycles. The number of ether oxygens (including phenoxy) is 1. The van der Waals surface area contributed by atoms with Gasteiger partial charge in [0, 0.05) is 18.7 Å². The first-order valence-electron chi connectivity index (χ1n) is 7.29. The van der Waals surface area contributed by atoms with Crippen molar-refractivity contribution in [2.75, 3.05) is 13.2 Å². The van der Waals surface area contributed by atoms with E-state index < -0.39 is 17.6 Å². The van der Waals surface area contributed by atoms with Crippen LogP contribution in [0.4, 0.5) is 17.6 Å². The van der Waals surface area contributed by atoms with Crippen molar-refractivity contribution in [2.45, 2.75) is 19.3 Å². The predicted octanol–water partition coefficient (Wildman–Crippen LogP) is 3.51. The Kier molecular flexibility index (Phi) is 6.16. The second-order valence-corrected chi connectivity index (χ2v) is 5.10. The Bertz CT molecular complexity index is 674. The maximum absolute atomic E-state index is 13.2. The van der Waals surface area contributed by atoms with Crippen LogP contribution in [-0.2, 0) is 19.3 Å². The van der Waals surface area contributed by atoms with Crippen molar-refractivity contribution in [1.29, 1.82) is 0 Å². The molecule has 7 heteroatoms. The van der Waals surface area contributed by atoms with Crippen LogP contribution in [0.2, 0.25) is 0 Å². The van der Waals surface area contributed by atoms with Gasteiger partial charge in [0.05, 0.1) is 12.2 Å². The molecule has 0 saturated carbocycles. The summed E-state index contributed by atoms with van der Waals surface area (Å²) < 4.78 is 56.7. The number of nitrogens with one attached hydrogen (secondary N) is 1. The summed E-state index contributed by atoms with van der Waals surface area (Å²) in [7, 11) is 0. The number of rotatable bonds is 7. The van der Waals surface area contributed by atoms with Crippen LogP contribution in [0.25, 0.3) is 0 Å². The van der Waals surface area contributed by atoms with Crippen molar-refractivity contribution >= 4 is 0 Å². The third kappa shape index (κ3) is 4.94. The maximum Gasteiger partial charge on any atom is 0.419 e. The van der Waals surface area contributed by atoms with E-state index in [1.54, 1.807) is 12.1 Å². The summed E-state index contributed by atoms with van der Waals surface area (Å²) in [6, 6.07) is 10.1. The van der Waals surface area contributed by atoms with E-state index in [0.717, 1.165) is 17.7 Å². The van der Waals surface area contributed by atoms with E-state index in [2.05, 4.69) is 5.32 Å². The van der Waals surface area contributed by atoms with E-state index in [9.17, 15) is 17.6 Å². The monoisotopic (exact) mass is 343 g/mol. The summed E-state index contributed by atoms with van der Waals surface area (Å²) in [6.45, 7) is 0.555. The highest BCUT2D eigenvalue weighted by Crippen LogP contribution is 2.31. The fraction of sp³-hybridized carbons (Fsp3) is 0.294. The number of aliphatic hydroxyl groups excluding tert-OH is 1. The van der Waals surface area contributed by atoms with E-state index in [1.807, 2.05) is 12.1 Å². The van der Waals surface area contributed by atoms with Crippen LogP contribution >= 0.6 is 0 Å². The minimum Gasteiger partial charge on any atom is -0.491 e. The second kappa shape index (κ2) is 8.12. The highest BCUT2D eigenvalue weighted by Gasteiger charge is 2.34. The number of halogens is 4. The Morgan fingerprint density at radius 1 is 1.04 bits per heavy atom. The van der Waals surface area contributed by atoms with Crippen LogP contribution < -0.4 is 10.1 Å². The van der Waals surface area contributed by atoms with Gasteiger partial charge in [-0.15, -0.1) is 0 Å². The lowest BCUT2D eigenvalue weighted by molar-refractivity contribution is -0.140. The van der Waals surface area contributed by atoms with Gasteiger partial charge in [-0.3, -0.25) is 0 Å². The van der Waals surface area contributed by atoms with E-state index in [1.165, 1.54) is 6.07 Å². The molecule has 0 amide bonds. The first-order chi connectivity index (χ1) is 11.4. The number of hydrogen-bond acceptors (Lipinski definition) is 3. The molecule has 0 aromatic heterocycles. The van der Waals surface area contributed by atoms with Gasteiger partial charge in [0.2, 0.25) is 0 Å². The minimum atomic E-state index is -4.72. The molecule has 0 aliphatic rings. The maximum atomic E-state index is 13.2. The average molecular weight is 343 g/mol. The van der Waals surface area contributed by atoms with Gasteiger partial charge in [-0.1, -0.05) is 24.3 Å². The summed E-state index contributed by atoms with van der Waals surface area (Å²) in [5, 5.41) is 11.8. The third-order valence-corrected chi connectivity index (χ3v) is 3.30. The SMILES string of the molecule is OCCOc1ccccc1CNCc1ccc(F)c(C(F)(F)F)c1. The Balaban J connectivity index is 2.00. The van der Waals surface area contributed by atoms with Crippen LogP contribution in [0.3, 0.4) is 0 Å². The molecule has 2 rings (SSSR count). The minimum absolute atomic E-state index is 0.114. The quantitative estimate of drug-likeness (QED) is 0.756. The zero-order chi connectivity index (χ0) is 17.6. The average Bonchev–Trinajstić information content (AvgIpc) is 2.54. The zero-order valence-corrected chi connectivity index (χ0v) is 12.7. The predicted molar refractivity (Wildman–Crippen MR) is 81.0 cm³/mol. The lowest BCUT2D eigenvalue weighted by atomic mass is 10.1. The normalized spacial score (nSPS) is 11.5. The van der Waals surface area contributed by atoms with Crippen LogP contribution in [0.15, 0.2) is 42.5 Å². The zero-order valence-electron chi connectivity index (χ0n) is 12.7. The fourth-order valence-electron chi connectivity index (χ4n) is 2.19. The summed E-state index contributed by atoms with van der Waals surface area (Å²) in [4.78, 5) is 0.